The van der Waals surface area contributed by atoms with Crippen LogP contribution in [0.5, 0.6) is 0 Å². The van der Waals surface area contributed by atoms with Gasteiger partial charge in [0.2, 0.25) is 0 Å². The van der Waals surface area contributed by atoms with Gasteiger partial charge in [-0.25, -0.2) is 0 Å². The van der Waals surface area contributed by atoms with Crippen molar-refractivity contribution in [3.05, 3.63) is 11.8 Å². The van der Waals surface area contributed by atoms with Crippen LogP contribution in [0.1, 0.15) is 40.0 Å². The molecule has 0 spiro atoms. The van der Waals surface area contributed by atoms with Crippen LogP contribution < -0.4 is 5.32 Å². The molecule has 1 saturated heterocycles. The largest absolute Gasteiger partial charge is 0.501 e. The van der Waals surface area contributed by atoms with Crippen LogP contribution in [0.15, 0.2) is 11.8 Å². The number of morpholine rings is 1. The Balaban J connectivity index is 2.12. The highest BCUT2D eigenvalue weighted by molar-refractivity contribution is 5.17. The lowest BCUT2D eigenvalue weighted by atomic mass is 9.84. The summed E-state index contributed by atoms with van der Waals surface area (Å²) in [5.74, 6) is 0. The third-order valence-corrected chi connectivity index (χ3v) is 4.46. The molecule has 0 aromatic heterocycles. The summed E-state index contributed by atoms with van der Waals surface area (Å²) >= 11 is 0. The van der Waals surface area contributed by atoms with Gasteiger partial charge in [0.25, 0.3) is 0 Å². The smallest absolute Gasteiger partial charge is 0.0876 e. The minimum atomic E-state index is 0.0888. The zero-order valence-corrected chi connectivity index (χ0v) is 13.3. The molecule has 0 saturated carbocycles. The molecule has 0 aromatic rings. The van der Waals surface area contributed by atoms with Crippen molar-refractivity contribution < 1.29 is 9.47 Å². The van der Waals surface area contributed by atoms with Crippen LogP contribution in [-0.2, 0) is 9.47 Å². The molecule has 1 fully saturated rings. The van der Waals surface area contributed by atoms with Crippen molar-refractivity contribution in [2.24, 2.45) is 0 Å². The molecule has 2 aliphatic heterocycles. The Hall–Kier alpha value is -0.580. The van der Waals surface area contributed by atoms with Gasteiger partial charge in [-0.3, -0.25) is 4.90 Å². The molecule has 116 valence electrons. The highest BCUT2D eigenvalue weighted by atomic mass is 16.5. The van der Waals surface area contributed by atoms with Gasteiger partial charge in [0.05, 0.1) is 26.1 Å². The SMILES string of the molecule is CCCNC(C1=COCCC1)C(C)(C)N1CCOCC1. The summed E-state index contributed by atoms with van der Waals surface area (Å²) < 4.78 is 11.1. The van der Waals surface area contributed by atoms with Crippen molar-refractivity contribution >= 4 is 0 Å². The number of hydrogen-bond donors (Lipinski definition) is 1. The normalized spacial score (nSPS) is 23.1. The van der Waals surface area contributed by atoms with Crippen molar-refractivity contribution in [1.82, 2.24) is 10.2 Å². The van der Waals surface area contributed by atoms with Crippen molar-refractivity contribution in [3.8, 4) is 0 Å². The van der Waals surface area contributed by atoms with Crippen LogP contribution in [0.3, 0.4) is 0 Å². The second-order valence-corrected chi connectivity index (χ2v) is 6.31. The van der Waals surface area contributed by atoms with Crippen LogP contribution in [0.25, 0.3) is 0 Å². The molecule has 4 nitrogen and oxygen atoms in total. The van der Waals surface area contributed by atoms with Crippen LogP contribution in [0, 0.1) is 0 Å². The predicted molar refractivity (Wildman–Crippen MR) is 81.8 cm³/mol. The van der Waals surface area contributed by atoms with Gasteiger partial charge in [-0.1, -0.05) is 6.92 Å². The summed E-state index contributed by atoms with van der Waals surface area (Å²) in [5.41, 5.74) is 1.51. The highest BCUT2D eigenvalue weighted by Gasteiger charge is 2.38. The first-order valence-corrected chi connectivity index (χ1v) is 8.03. The third kappa shape index (κ3) is 3.74. The number of ether oxygens (including phenoxy) is 2. The predicted octanol–water partition coefficient (Wildman–Crippen LogP) is 2.16. The van der Waals surface area contributed by atoms with Gasteiger partial charge in [-0.15, -0.1) is 0 Å². The Morgan fingerprint density at radius 2 is 2.05 bits per heavy atom. The van der Waals surface area contributed by atoms with E-state index in [9.17, 15) is 0 Å². The van der Waals surface area contributed by atoms with Gasteiger partial charge in [0.15, 0.2) is 0 Å². The number of rotatable bonds is 6. The first-order chi connectivity index (χ1) is 9.66. The molecule has 2 heterocycles. The third-order valence-electron chi connectivity index (χ3n) is 4.46. The molecule has 0 aromatic carbocycles. The maximum absolute atomic E-state index is 5.58. The Labute approximate surface area is 123 Å². The molecule has 0 radical (unpaired) electrons. The Bertz CT molecular complexity index is 322. The maximum atomic E-state index is 5.58. The highest BCUT2D eigenvalue weighted by Crippen LogP contribution is 2.29. The lowest BCUT2D eigenvalue weighted by Crippen LogP contribution is -2.61. The topological polar surface area (TPSA) is 33.7 Å². The van der Waals surface area contributed by atoms with E-state index in [-0.39, 0.29) is 5.54 Å². The van der Waals surface area contributed by atoms with E-state index < -0.39 is 0 Å². The monoisotopic (exact) mass is 282 g/mol. The fourth-order valence-electron chi connectivity index (χ4n) is 3.24. The van der Waals surface area contributed by atoms with Crippen molar-refractivity contribution in [1.29, 1.82) is 0 Å². The van der Waals surface area contributed by atoms with E-state index in [1.165, 1.54) is 5.57 Å². The first kappa shape index (κ1) is 15.8. The molecule has 1 atom stereocenters. The van der Waals surface area contributed by atoms with Gasteiger partial charge in [0.1, 0.15) is 0 Å². The fourth-order valence-corrected chi connectivity index (χ4v) is 3.24. The Morgan fingerprint density at radius 1 is 1.30 bits per heavy atom. The van der Waals surface area contributed by atoms with Gasteiger partial charge in [-0.05, 0) is 45.2 Å². The average Bonchev–Trinajstić information content (AvgIpc) is 2.49. The standard InChI is InChI=1S/C16H30N2O2/c1-4-7-17-15(14-6-5-10-20-13-14)16(2,3)18-8-11-19-12-9-18/h13,15,17H,4-12H2,1-3H3. The fraction of sp³-hybridized carbons (Fsp3) is 0.875. The van der Waals surface area contributed by atoms with E-state index in [2.05, 4.69) is 31.0 Å². The molecule has 4 heteroatoms. The minimum absolute atomic E-state index is 0.0888. The second kappa shape index (κ2) is 7.43. The van der Waals surface area contributed by atoms with E-state index in [1.54, 1.807) is 0 Å². The lowest BCUT2D eigenvalue weighted by Gasteiger charge is -2.47. The van der Waals surface area contributed by atoms with Crippen molar-refractivity contribution in [2.75, 3.05) is 39.5 Å². The molecule has 0 bridgehead atoms. The zero-order valence-electron chi connectivity index (χ0n) is 13.3. The van der Waals surface area contributed by atoms with Crippen LogP contribution in [0.2, 0.25) is 0 Å². The van der Waals surface area contributed by atoms with Crippen LogP contribution in [-0.4, -0.2) is 55.9 Å². The molecule has 20 heavy (non-hydrogen) atoms. The summed E-state index contributed by atoms with van der Waals surface area (Å²) in [7, 11) is 0. The number of hydrogen-bond acceptors (Lipinski definition) is 4. The summed E-state index contributed by atoms with van der Waals surface area (Å²) in [5, 5.41) is 3.75. The van der Waals surface area contributed by atoms with E-state index >= 15 is 0 Å². The van der Waals surface area contributed by atoms with Crippen molar-refractivity contribution in [3.63, 3.8) is 0 Å². The number of nitrogens with zero attached hydrogens (tertiary/aromatic N) is 1. The minimum Gasteiger partial charge on any atom is -0.501 e. The van der Waals surface area contributed by atoms with Gasteiger partial charge in [0, 0.05) is 24.7 Å². The average molecular weight is 282 g/mol. The van der Waals surface area contributed by atoms with Gasteiger partial charge in [-0.2, -0.15) is 0 Å². The molecule has 1 N–H and O–H groups in total. The van der Waals surface area contributed by atoms with Gasteiger partial charge < -0.3 is 14.8 Å². The lowest BCUT2D eigenvalue weighted by molar-refractivity contribution is -0.0200. The molecular formula is C16H30N2O2. The molecule has 0 amide bonds. The summed E-state index contributed by atoms with van der Waals surface area (Å²) in [6.45, 7) is 12.6. The molecular weight excluding hydrogens is 252 g/mol. The number of nitrogens with one attached hydrogen (secondary N) is 1. The second-order valence-electron chi connectivity index (χ2n) is 6.31. The summed E-state index contributed by atoms with van der Waals surface area (Å²) in [6.07, 6.45) is 5.44. The maximum Gasteiger partial charge on any atom is 0.0876 e. The Morgan fingerprint density at radius 3 is 2.65 bits per heavy atom. The Kier molecular flexibility index (Phi) is 5.87. The molecule has 2 aliphatic rings. The molecule has 1 unspecified atom stereocenters. The van der Waals surface area contributed by atoms with E-state index in [1.807, 2.05) is 6.26 Å². The first-order valence-electron chi connectivity index (χ1n) is 8.03. The van der Waals surface area contributed by atoms with Crippen LogP contribution in [0.4, 0.5) is 0 Å². The van der Waals surface area contributed by atoms with E-state index in [0.29, 0.717) is 6.04 Å². The summed E-state index contributed by atoms with van der Waals surface area (Å²) in [4.78, 5) is 2.55. The van der Waals surface area contributed by atoms with E-state index in [4.69, 9.17) is 9.47 Å². The molecule has 2 rings (SSSR count). The summed E-state index contributed by atoms with van der Waals surface area (Å²) in [6, 6.07) is 0.362. The van der Waals surface area contributed by atoms with Gasteiger partial charge >= 0.3 is 0 Å². The molecule has 0 aliphatic carbocycles. The van der Waals surface area contributed by atoms with Crippen LogP contribution >= 0.6 is 0 Å². The quantitative estimate of drug-likeness (QED) is 0.809. The van der Waals surface area contributed by atoms with Crippen molar-refractivity contribution in [2.45, 2.75) is 51.6 Å². The zero-order chi connectivity index (χ0) is 14.4. The van der Waals surface area contributed by atoms with E-state index in [0.717, 1.165) is 58.7 Å².